The van der Waals surface area contributed by atoms with Crippen molar-refractivity contribution in [1.29, 1.82) is 0 Å². The van der Waals surface area contributed by atoms with E-state index in [4.69, 9.17) is 5.73 Å². The third-order valence-electron chi connectivity index (χ3n) is 4.10. The molecule has 6 nitrogen and oxygen atoms in total. The van der Waals surface area contributed by atoms with Crippen LogP contribution < -0.4 is 5.73 Å². The number of halogens is 3. The van der Waals surface area contributed by atoms with Gasteiger partial charge in [0.05, 0.1) is 9.75 Å². The molecule has 3 N–H and O–H groups in total. The van der Waals surface area contributed by atoms with Crippen LogP contribution in [0.2, 0.25) is 0 Å². The third-order valence-corrected chi connectivity index (χ3v) is 5.18. The zero-order valence-corrected chi connectivity index (χ0v) is 13.8. The molecule has 10 heteroatoms. The lowest BCUT2D eigenvalue weighted by molar-refractivity contribution is -0.141. The zero-order chi connectivity index (χ0) is 18.2. The number of alkyl halides is 3. The van der Waals surface area contributed by atoms with Crippen LogP contribution in [0.5, 0.6) is 0 Å². The van der Waals surface area contributed by atoms with E-state index in [0.29, 0.717) is 41.4 Å². The topological polar surface area (TPSA) is 92.1 Å². The van der Waals surface area contributed by atoms with Gasteiger partial charge in [0.2, 0.25) is 0 Å². The molecule has 0 saturated carbocycles. The molecular weight excluding hydrogens is 357 g/mol. The summed E-state index contributed by atoms with van der Waals surface area (Å²) in [6.07, 6.45) is -3.16. The van der Waals surface area contributed by atoms with Crippen LogP contribution in [0.3, 0.4) is 0 Å². The summed E-state index contributed by atoms with van der Waals surface area (Å²) in [7, 11) is 0. The smallest absolute Gasteiger partial charge is 0.365 e. The van der Waals surface area contributed by atoms with Gasteiger partial charge in [-0.2, -0.15) is 18.3 Å². The van der Waals surface area contributed by atoms with E-state index in [1.54, 1.807) is 4.90 Å². The number of aromatic amines is 1. The summed E-state index contributed by atoms with van der Waals surface area (Å²) < 4.78 is 38.0. The number of aromatic nitrogens is 2. The molecular formula is C15H15F3N4O2S. The molecule has 0 aliphatic carbocycles. The monoisotopic (exact) mass is 372 g/mol. The fourth-order valence-corrected chi connectivity index (χ4v) is 3.67. The summed E-state index contributed by atoms with van der Waals surface area (Å²) >= 11 is 1.01. The van der Waals surface area contributed by atoms with Crippen LogP contribution >= 0.6 is 11.3 Å². The molecule has 1 saturated heterocycles. The number of likely N-dealkylation sites (tertiary alicyclic amines) is 1. The third kappa shape index (κ3) is 3.68. The molecule has 1 unspecified atom stereocenters. The minimum atomic E-state index is -4.50. The van der Waals surface area contributed by atoms with E-state index in [1.807, 2.05) is 0 Å². The molecule has 2 aromatic heterocycles. The second-order valence-electron chi connectivity index (χ2n) is 5.82. The predicted octanol–water partition coefficient (Wildman–Crippen LogP) is 2.61. The maximum atomic E-state index is 12.7. The van der Waals surface area contributed by atoms with E-state index in [9.17, 15) is 22.8 Å². The van der Waals surface area contributed by atoms with E-state index in [2.05, 4.69) is 10.2 Å². The Hall–Kier alpha value is -2.36. The van der Waals surface area contributed by atoms with Crippen LogP contribution in [0, 0.1) is 0 Å². The van der Waals surface area contributed by atoms with Gasteiger partial charge in [-0.25, -0.2) is 0 Å². The summed E-state index contributed by atoms with van der Waals surface area (Å²) in [5.41, 5.74) is 4.59. The van der Waals surface area contributed by atoms with Gasteiger partial charge >= 0.3 is 6.18 Å². The Morgan fingerprint density at radius 1 is 1.32 bits per heavy atom. The molecule has 0 spiro atoms. The first-order chi connectivity index (χ1) is 11.8. The highest BCUT2D eigenvalue weighted by molar-refractivity contribution is 7.15. The maximum absolute atomic E-state index is 12.7. The van der Waals surface area contributed by atoms with E-state index in [0.717, 1.165) is 17.4 Å². The van der Waals surface area contributed by atoms with Crippen molar-refractivity contribution in [3.8, 4) is 0 Å². The number of carbonyl (C=O) groups is 2. The summed E-state index contributed by atoms with van der Waals surface area (Å²) in [6, 6.07) is 4.02. The number of rotatable bonds is 3. The second kappa shape index (κ2) is 6.51. The summed E-state index contributed by atoms with van der Waals surface area (Å²) in [5.74, 6) is -1.09. The predicted molar refractivity (Wildman–Crippen MR) is 84.3 cm³/mol. The van der Waals surface area contributed by atoms with Crippen LogP contribution in [0.25, 0.3) is 0 Å². The summed E-state index contributed by atoms with van der Waals surface area (Å²) in [4.78, 5) is 26.0. The number of nitrogens with one attached hydrogen (secondary N) is 1. The van der Waals surface area contributed by atoms with Crippen LogP contribution in [-0.2, 0) is 6.18 Å². The average Bonchev–Trinajstić information content (AvgIpc) is 3.23. The molecule has 2 aromatic rings. The highest BCUT2D eigenvalue weighted by Gasteiger charge is 2.35. The Morgan fingerprint density at radius 3 is 2.64 bits per heavy atom. The van der Waals surface area contributed by atoms with Gasteiger partial charge < -0.3 is 10.6 Å². The molecule has 1 aliphatic rings. The lowest BCUT2D eigenvalue weighted by atomic mass is 9.94. The van der Waals surface area contributed by atoms with Gasteiger partial charge in [0.1, 0.15) is 0 Å². The Bertz CT molecular complexity index is 799. The van der Waals surface area contributed by atoms with Gasteiger partial charge in [0, 0.05) is 24.7 Å². The van der Waals surface area contributed by atoms with E-state index >= 15 is 0 Å². The normalized spacial score (nSPS) is 18.4. The van der Waals surface area contributed by atoms with Gasteiger partial charge in [-0.05, 0) is 31.0 Å². The van der Waals surface area contributed by atoms with Crippen LogP contribution in [0.4, 0.5) is 13.2 Å². The highest BCUT2D eigenvalue weighted by Crippen LogP contribution is 2.32. The number of piperidine rings is 1. The number of nitrogens with two attached hydrogens (primary N) is 1. The molecule has 0 radical (unpaired) electrons. The van der Waals surface area contributed by atoms with Crippen molar-refractivity contribution in [1.82, 2.24) is 15.1 Å². The number of thiophene rings is 1. The van der Waals surface area contributed by atoms with Gasteiger partial charge in [0.15, 0.2) is 5.69 Å². The first kappa shape index (κ1) is 17.5. The maximum Gasteiger partial charge on any atom is 0.435 e. The minimum Gasteiger partial charge on any atom is -0.365 e. The standard InChI is InChI=1S/C15H15F3N4O2S/c16-15(17,18)12-6-9(20-21-12)8-2-1-5-22(7-8)14(24)11-4-3-10(25-11)13(19)23/h3-4,6,8H,1-2,5,7H2,(H2,19,23)(H,20,21). The van der Waals surface area contributed by atoms with E-state index in [-0.39, 0.29) is 11.8 Å². The molecule has 1 fully saturated rings. The van der Waals surface area contributed by atoms with Crippen LogP contribution in [0.15, 0.2) is 18.2 Å². The van der Waals surface area contributed by atoms with E-state index in [1.165, 1.54) is 12.1 Å². The van der Waals surface area contributed by atoms with Crippen molar-refractivity contribution in [3.63, 3.8) is 0 Å². The van der Waals surface area contributed by atoms with Gasteiger partial charge in [-0.15, -0.1) is 11.3 Å². The van der Waals surface area contributed by atoms with Crippen molar-refractivity contribution in [2.24, 2.45) is 5.73 Å². The average molecular weight is 372 g/mol. The molecule has 3 heterocycles. The Balaban J connectivity index is 1.73. The van der Waals surface area contributed by atoms with Crippen LogP contribution in [-0.4, -0.2) is 40.0 Å². The molecule has 2 amide bonds. The van der Waals surface area contributed by atoms with Gasteiger partial charge in [0.25, 0.3) is 11.8 Å². The number of H-pyrrole nitrogens is 1. The molecule has 0 aromatic carbocycles. The van der Waals surface area contributed by atoms with Crippen molar-refractivity contribution < 1.29 is 22.8 Å². The number of primary amides is 1. The number of hydrogen-bond donors (Lipinski definition) is 2. The molecule has 0 bridgehead atoms. The zero-order valence-electron chi connectivity index (χ0n) is 13.0. The Morgan fingerprint density at radius 2 is 2.04 bits per heavy atom. The minimum absolute atomic E-state index is 0.239. The fourth-order valence-electron chi connectivity index (χ4n) is 2.85. The van der Waals surface area contributed by atoms with Crippen molar-refractivity contribution in [3.05, 3.63) is 39.3 Å². The van der Waals surface area contributed by atoms with Crippen LogP contribution in [0.1, 0.15) is 49.5 Å². The van der Waals surface area contributed by atoms with Gasteiger partial charge in [-0.3, -0.25) is 14.7 Å². The Labute approximate surface area is 144 Å². The number of hydrogen-bond acceptors (Lipinski definition) is 4. The fraction of sp³-hybridized carbons (Fsp3) is 0.400. The molecule has 3 rings (SSSR count). The Kier molecular flexibility index (Phi) is 4.55. The second-order valence-corrected chi connectivity index (χ2v) is 6.91. The first-order valence-corrected chi connectivity index (χ1v) is 8.39. The highest BCUT2D eigenvalue weighted by atomic mass is 32.1. The number of amides is 2. The summed E-state index contributed by atoms with van der Waals surface area (Å²) in [6.45, 7) is 0.807. The van der Waals surface area contributed by atoms with E-state index < -0.39 is 17.8 Å². The molecule has 25 heavy (non-hydrogen) atoms. The number of nitrogens with zero attached hydrogens (tertiary/aromatic N) is 2. The lowest BCUT2D eigenvalue weighted by Gasteiger charge is -2.32. The quantitative estimate of drug-likeness (QED) is 0.867. The number of carbonyl (C=O) groups excluding carboxylic acids is 2. The SMILES string of the molecule is NC(=O)c1ccc(C(=O)N2CCCC(c3cc(C(F)(F)F)n[nH]3)C2)s1. The first-order valence-electron chi connectivity index (χ1n) is 7.57. The molecule has 1 atom stereocenters. The van der Waals surface area contributed by atoms with Crippen molar-refractivity contribution >= 4 is 23.2 Å². The van der Waals surface area contributed by atoms with Gasteiger partial charge in [-0.1, -0.05) is 0 Å². The lowest BCUT2D eigenvalue weighted by Crippen LogP contribution is -2.38. The van der Waals surface area contributed by atoms with Crippen molar-refractivity contribution in [2.75, 3.05) is 13.1 Å². The molecule has 1 aliphatic heterocycles. The summed E-state index contributed by atoms with van der Waals surface area (Å²) in [5, 5.41) is 5.74. The molecule has 134 valence electrons. The van der Waals surface area contributed by atoms with Crippen molar-refractivity contribution in [2.45, 2.75) is 24.9 Å². The largest absolute Gasteiger partial charge is 0.435 e.